The van der Waals surface area contributed by atoms with Crippen LogP contribution in [0.4, 0.5) is 0 Å². The van der Waals surface area contributed by atoms with Gasteiger partial charge in [-0.3, -0.25) is 4.90 Å². The highest BCUT2D eigenvalue weighted by atomic mass is 15.3. The molecule has 3 unspecified atom stereocenters. The lowest BCUT2D eigenvalue weighted by Crippen LogP contribution is -2.53. The summed E-state index contributed by atoms with van der Waals surface area (Å²) in [6.45, 7) is 11.4. The molecule has 2 N–H and O–H groups in total. The fourth-order valence-electron chi connectivity index (χ4n) is 3.11. The normalized spacial score (nSPS) is 27.4. The van der Waals surface area contributed by atoms with Crippen LogP contribution in [0.1, 0.15) is 34.1 Å². The Balaban J connectivity index is 2.69. The van der Waals surface area contributed by atoms with E-state index in [1.165, 1.54) is 13.0 Å². The first-order valence-electron chi connectivity index (χ1n) is 6.39. The zero-order chi connectivity index (χ0) is 12.5. The van der Waals surface area contributed by atoms with Gasteiger partial charge in [-0.15, -0.1) is 0 Å². The molecule has 0 aromatic heterocycles. The third-order valence-electron chi connectivity index (χ3n) is 3.70. The van der Waals surface area contributed by atoms with Crippen LogP contribution in [0, 0.1) is 5.41 Å². The van der Waals surface area contributed by atoms with Gasteiger partial charge >= 0.3 is 0 Å². The molecule has 0 aliphatic carbocycles. The van der Waals surface area contributed by atoms with E-state index >= 15 is 0 Å². The Morgan fingerprint density at radius 2 is 1.88 bits per heavy atom. The summed E-state index contributed by atoms with van der Waals surface area (Å²) in [5, 5.41) is 0. The van der Waals surface area contributed by atoms with Crippen LogP contribution in [0.25, 0.3) is 0 Å². The smallest absolute Gasteiger partial charge is 0.0293 e. The maximum atomic E-state index is 6.17. The molecule has 1 fully saturated rings. The van der Waals surface area contributed by atoms with Crippen molar-refractivity contribution in [1.82, 2.24) is 9.80 Å². The predicted octanol–water partition coefficient (Wildman–Crippen LogP) is 1.38. The molecule has 0 aromatic rings. The minimum atomic E-state index is 0.237. The van der Waals surface area contributed by atoms with Gasteiger partial charge in [0.2, 0.25) is 0 Å². The van der Waals surface area contributed by atoms with Crippen LogP contribution in [-0.4, -0.2) is 55.1 Å². The minimum absolute atomic E-state index is 0.237. The van der Waals surface area contributed by atoms with Crippen molar-refractivity contribution in [3.63, 3.8) is 0 Å². The highest BCUT2D eigenvalue weighted by molar-refractivity contribution is 4.94. The zero-order valence-electron chi connectivity index (χ0n) is 11.8. The quantitative estimate of drug-likeness (QED) is 0.791. The molecule has 0 bridgehead atoms. The second-order valence-electron chi connectivity index (χ2n) is 6.57. The van der Waals surface area contributed by atoms with Crippen molar-refractivity contribution in [2.45, 2.75) is 52.2 Å². The highest BCUT2D eigenvalue weighted by Crippen LogP contribution is 2.29. The van der Waals surface area contributed by atoms with E-state index in [0.29, 0.717) is 12.1 Å². The van der Waals surface area contributed by atoms with Gasteiger partial charge in [-0.1, -0.05) is 20.8 Å². The zero-order valence-corrected chi connectivity index (χ0v) is 11.8. The second kappa shape index (κ2) is 5.03. The maximum absolute atomic E-state index is 6.17. The predicted molar refractivity (Wildman–Crippen MR) is 70.6 cm³/mol. The molecule has 1 saturated heterocycles. The number of rotatable bonds is 3. The third kappa shape index (κ3) is 3.19. The Morgan fingerprint density at radius 3 is 2.19 bits per heavy atom. The van der Waals surface area contributed by atoms with E-state index in [2.05, 4.69) is 51.6 Å². The summed E-state index contributed by atoms with van der Waals surface area (Å²) in [7, 11) is 4.35. The fourth-order valence-corrected chi connectivity index (χ4v) is 3.11. The molecule has 0 amide bonds. The van der Waals surface area contributed by atoms with Gasteiger partial charge in [-0.05, 0) is 32.9 Å². The molecule has 96 valence electrons. The van der Waals surface area contributed by atoms with E-state index in [4.69, 9.17) is 5.73 Å². The summed E-state index contributed by atoms with van der Waals surface area (Å²) in [6, 6.07) is 1.42. The molecule has 0 radical (unpaired) electrons. The van der Waals surface area contributed by atoms with Gasteiger partial charge in [0, 0.05) is 31.2 Å². The number of likely N-dealkylation sites (N-methyl/N-ethyl adjacent to an activating group) is 1. The summed E-state index contributed by atoms with van der Waals surface area (Å²) >= 11 is 0. The summed E-state index contributed by atoms with van der Waals surface area (Å²) < 4.78 is 0. The Bertz CT molecular complexity index is 218. The van der Waals surface area contributed by atoms with Crippen LogP contribution in [-0.2, 0) is 0 Å². The van der Waals surface area contributed by atoms with Crippen LogP contribution in [0.2, 0.25) is 0 Å². The van der Waals surface area contributed by atoms with Crippen LogP contribution < -0.4 is 5.73 Å². The topological polar surface area (TPSA) is 32.5 Å². The van der Waals surface area contributed by atoms with E-state index in [1.807, 2.05) is 0 Å². The monoisotopic (exact) mass is 227 g/mol. The summed E-state index contributed by atoms with van der Waals surface area (Å²) in [6.07, 6.45) is 1.27. The molecule has 16 heavy (non-hydrogen) atoms. The molecule has 0 saturated carbocycles. The van der Waals surface area contributed by atoms with Crippen molar-refractivity contribution in [3.05, 3.63) is 0 Å². The molecule has 1 aliphatic heterocycles. The van der Waals surface area contributed by atoms with Gasteiger partial charge in [0.15, 0.2) is 0 Å². The molecular weight excluding hydrogens is 198 g/mol. The first-order chi connectivity index (χ1) is 7.23. The maximum Gasteiger partial charge on any atom is 0.0293 e. The van der Waals surface area contributed by atoms with Crippen molar-refractivity contribution in [1.29, 1.82) is 0 Å². The molecule has 0 aromatic carbocycles. The Kier molecular flexibility index (Phi) is 4.38. The van der Waals surface area contributed by atoms with Crippen molar-refractivity contribution in [3.8, 4) is 0 Å². The number of nitrogens with zero attached hydrogens (tertiary/aromatic N) is 2. The summed E-state index contributed by atoms with van der Waals surface area (Å²) in [5.41, 5.74) is 6.43. The second-order valence-corrected chi connectivity index (χ2v) is 6.57. The minimum Gasteiger partial charge on any atom is -0.327 e. The Hall–Kier alpha value is -0.120. The van der Waals surface area contributed by atoms with Crippen molar-refractivity contribution in [2.24, 2.45) is 11.1 Å². The fraction of sp³-hybridized carbons (Fsp3) is 1.00. The highest BCUT2D eigenvalue weighted by Gasteiger charge is 2.37. The summed E-state index contributed by atoms with van der Waals surface area (Å²) in [4.78, 5) is 4.91. The lowest BCUT2D eigenvalue weighted by atomic mass is 9.82. The van der Waals surface area contributed by atoms with Crippen LogP contribution in [0.5, 0.6) is 0 Å². The van der Waals surface area contributed by atoms with Crippen LogP contribution >= 0.6 is 0 Å². The van der Waals surface area contributed by atoms with Gasteiger partial charge in [-0.25, -0.2) is 0 Å². The Labute approximate surface area is 101 Å². The van der Waals surface area contributed by atoms with E-state index in [0.717, 1.165) is 6.54 Å². The number of hydrogen-bond acceptors (Lipinski definition) is 3. The SMILES string of the molecule is CC(N)C(N1CCC(N(C)C)C1)C(C)(C)C. The average molecular weight is 227 g/mol. The van der Waals surface area contributed by atoms with Gasteiger partial charge < -0.3 is 10.6 Å². The van der Waals surface area contributed by atoms with Crippen molar-refractivity contribution >= 4 is 0 Å². The van der Waals surface area contributed by atoms with Crippen LogP contribution in [0.3, 0.4) is 0 Å². The molecule has 3 nitrogen and oxygen atoms in total. The van der Waals surface area contributed by atoms with E-state index in [1.54, 1.807) is 0 Å². The number of nitrogens with two attached hydrogens (primary N) is 1. The lowest BCUT2D eigenvalue weighted by Gasteiger charge is -2.41. The molecule has 1 aliphatic rings. The molecule has 0 spiro atoms. The molecule has 3 atom stereocenters. The van der Waals surface area contributed by atoms with Gasteiger partial charge in [0.1, 0.15) is 0 Å². The average Bonchev–Trinajstić information content (AvgIpc) is 2.49. The van der Waals surface area contributed by atoms with Crippen molar-refractivity contribution < 1.29 is 0 Å². The molecule has 3 heteroatoms. The van der Waals surface area contributed by atoms with E-state index in [-0.39, 0.29) is 11.5 Å². The number of likely N-dealkylation sites (tertiary alicyclic amines) is 1. The van der Waals surface area contributed by atoms with E-state index in [9.17, 15) is 0 Å². The van der Waals surface area contributed by atoms with Gasteiger partial charge in [0.05, 0.1) is 0 Å². The first kappa shape index (κ1) is 13.9. The molecule has 1 rings (SSSR count). The van der Waals surface area contributed by atoms with Gasteiger partial charge in [-0.2, -0.15) is 0 Å². The number of hydrogen-bond donors (Lipinski definition) is 1. The molecular formula is C13H29N3. The largest absolute Gasteiger partial charge is 0.327 e. The lowest BCUT2D eigenvalue weighted by molar-refractivity contribution is 0.0980. The third-order valence-corrected chi connectivity index (χ3v) is 3.70. The van der Waals surface area contributed by atoms with Gasteiger partial charge in [0.25, 0.3) is 0 Å². The van der Waals surface area contributed by atoms with Crippen LogP contribution in [0.15, 0.2) is 0 Å². The molecule has 1 heterocycles. The standard InChI is InChI=1S/C13H29N3/c1-10(14)12(13(2,3)4)16-8-7-11(9-16)15(5)6/h10-12H,7-9,14H2,1-6H3. The first-order valence-corrected chi connectivity index (χ1v) is 6.39. The van der Waals surface area contributed by atoms with E-state index < -0.39 is 0 Å². The van der Waals surface area contributed by atoms with Crippen molar-refractivity contribution in [2.75, 3.05) is 27.2 Å². The Morgan fingerprint density at radius 1 is 1.31 bits per heavy atom. The summed E-state index contributed by atoms with van der Waals surface area (Å²) in [5.74, 6) is 0.